The van der Waals surface area contributed by atoms with Crippen LogP contribution in [0.3, 0.4) is 0 Å². The van der Waals surface area contributed by atoms with Crippen LogP contribution in [-0.2, 0) is 4.74 Å². The van der Waals surface area contributed by atoms with E-state index in [1.807, 2.05) is 7.05 Å². The van der Waals surface area contributed by atoms with Crippen molar-refractivity contribution >= 4 is 5.96 Å². The Morgan fingerprint density at radius 1 is 1.30 bits per heavy atom. The van der Waals surface area contributed by atoms with Crippen molar-refractivity contribution in [2.45, 2.75) is 65.5 Å². The Bertz CT molecular complexity index is 444. The fourth-order valence-electron chi connectivity index (χ4n) is 5.37. The van der Waals surface area contributed by atoms with Gasteiger partial charge in [-0.2, -0.15) is 0 Å². The van der Waals surface area contributed by atoms with Crippen molar-refractivity contribution in [3.63, 3.8) is 0 Å². The Hall–Kier alpha value is -0.770. The molecule has 3 fully saturated rings. The zero-order valence-electron chi connectivity index (χ0n) is 15.6. The molecule has 0 spiro atoms. The maximum absolute atomic E-state index is 5.92. The van der Waals surface area contributed by atoms with Crippen LogP contribution in [0.1, 0.15) is 53.4 Å². The van der Waals surface area contributed by atoms with Gasteiger partial charge >= 0.3 is 0 Å². The zero-order chi connectivity index (χ0) is 16.6. The van der Waals surface area contributed by atoms with Gasteiger partial charge in [-0.25, -0.2) is 0 Å². The molecule has 2 heterocycles. The Balaban J connectivity index is 1.61. The summed E-state index contributed by atoms with van der Waals surface area (Å²) in [5.41, 5.74) is 0.214. The van der Waals surface area contributed by atoms with Crippen LogP contribution in [0.2, 0.25) is 0 Å². The van der Waals surface area contributed by atoms with Crippen LogP contribution in [0.25, 0.3) is 0 Å². The molecule has 132 valence electrons. The number of guanidine groups is 1. The molecule has 4 nitrogen and oxygen atoms in total. The minimum Gasteiger partial charge on any atom is -0.377 e. The first-order chi connectivity index (χ1) is 11.0. The molecule has 0 bridgehead atoms. The van der Waals surface area contributed by atoms with Crippen molar-refractivity contribution in [1.29, 1.82) is 0 Å². The molecule has 0 aromatic rings. The largest absolute Gasteiger partial charge is 0.377 e. The van der Waals surface area contributed by atoms with Crippen molar-refractivity contribution in [1.82, 2.24) is 10.2 Å². The average molecular weight is 322 g/mol. The first kappa shape index (κ1) is 17.1. The van der Waals surface area contributed by atoms with Crippen molar-refractivity contribution in [3.8, 4) is 0 Å². The summed E-state index contributed by atoms with van der Waals surface area (Å²) in [6.07, 6.45) is 5.55. The van der Waals surface area contributed by atoms with E-state index in [0.29, 0.717) is 18.1 Å². The second kappa shape index (κ2) is 6.62. The van der Waals surface area contributed by atoms with Crippen LogP contribution in [0, 0.1) is 23.2 Å². The molecule has 4 unspecified atom stereocenters. The van der Waals surface area contributed by atoms with Gasteiger partial charge < -0.3 is 15.0 Å². The SMILES string of the molecule is CCC(CC)C1CCN(C(=NC)NC2C3CCOC3C2(C)C)C1. The molecule has 1 N–H and O–H groups in total. The predicted octanol–water partition coefficient (Wildman–Crippen LogP) is 3.13. The van der Waals surface area contributed by atoms with E-state index in [9.17, 15) is 0 Å². The smallest absolute Gasteiger partial charge is 0.193 e. The van der Waals surface area contributed by atoms with Gasteiger partial charge in [0.25, 0.3) is 0 Å². The standard InChI is InChI=1S/C19H35N3O/c1-6-13(7-2)14-8-10-22(12-14)18(20-5)21-16-15-9-11-23-17(15)19(16,3)4/h13-17H,6-12H2,1-5H3,(H,20,21). The highest BCUT2D eigenvalue weighted by Crippen LogP contribution is 2.52. The molecular weight excluding hydrogens is 286 g/mol. The molecule has 4 atom stereocenters. The van der Waals surface area contributed by atoms with E-state index >= 15 is 0 Å². The maximum atomic E-state index is 5.92. The molecule has 3 aliphatic rings. The number of rotatable bonds is 4. The normalized spacial score (nSPS) is 36.3. The van der Waals surface area contributed by atoms with E-state index in [0.717, 1.165) is 30.9 Å². The quantitative estimate of drug-likeness (QED) is 0.638. The molecule has 0 radical (unpaired) electrons. The summed E-state index contributed by atoms with van der Waals surface area (Å²) in [5.74, 6) is 3.48. The topological polar surface area (TPSA) is 36.9 Å². The summed E-state index contributed by atoms with van der Waals surface area (Å²) < 4.78 is 5.92. The van der Waals surface area contributed by atoms with Gasteiger partial charge in [-0.05, 0) is 24.7 Å². The molecule has 4 heteroatoms. The lowest BCUT2D eigenvalue weighted by Crippen LogP contribution is -2.68. The Kier molecular flexibility index (Phi) is 4.91. The first-order valence-electron chi connectivity index (χ1n) is 9.62. The van der Waals surface area contributed by atoms with Gasteiger partial charge in [0.2, 0.25) is 0 Å². The van der Waals surface area contributed by atoms with Gasteiger partial charge in [-0.15, -0.1) is 0 Å². The number of hydrogen-bond donors (Lipinski definition) is 1. The van der Waals surface area contributed by atoms with Crippen molar-refractivity contribution in [2.24, 2.45) is 28.2 Å². The number of hydrogen-bond acceptors (Lipinski definition) is 2. The van der Waals surface area contributed by atoms with Crippen LogP contribution in [-0.4, -0.2) is 49.7 Å². The van der Waals surface area contributed by atoms with Gasteiger partial charge in [0.15, 0.2) is 5.96 Å². The minimum atomic E-state index is 0.214. The average Bonchev–Trinajstić information content (AvgIpc) is 3.18. The molecule has 0 aromatic heterocycles. The van der Waals surface area contributed by atoms with E-state index in [-0.39, 0.29) is 5.41 Å². The molecule has 0 amide bonds. The Morgan fingerprint density at radius 3 is 2.70 bits per heavy atom. The van der Waals surface area contributed by atoms with E-state index in [4.69, 9.17) is 4.74 Å². The lowest BCUT2D eigenvalue weighted by Gasteiger charge is -2.55. The number of fused-ring (bicyclic) bond motifs is 1. The monoisotopic (exact) mass is 321 g/mol. The second-order valence-electron chi connectivity index (χ2n) is 8.31. The first-order valence-corrected chi connectivity index (χ1v) is 9.62. The highest BCUT2D eigenvalue weighted by Gasteiger charge is 2.59. The summed E-state index contributed by atoms with van der Waals surface area (Å²) in [7, 11) is 1.93. The third kappa shape index (κ3) is 2.88. The van der Waals surface area contributed by atoms with Gasteiger partial charge in [0.05, 0.1) is 6.10 Å². The lowest BCUT2D eigenvalue weighted by atomic mass is 9.57. The fourth-order valence-corrected chi connectivity index (χ4v) is 5.37. The van der Waals surface area contributed by atoms with Crippen molar-refractivity contribution < 1.29 is 4.74 Å². The fraction of sp³-hybridized carbons (Fsp3) is 0.947. The summed E-state index contributed by atoms with van der Waals surface area (Å²) in [6, 6.07) is 0.501. The summed E-state index contributed by atoms with van der Waals surface area (Å²) in [5, 5.41) is 3.80. The van der Waals surface area contributed by atoms with E-state index in [1.165, 1.54) is 32.2 Å². The number of ether oxygens (including phenoxy) is 1. The molecular formula is C19H35N3O. The molecule has 23 heavy (non-hydrogen) atoms. The van der Waals surface area contributed by atoms with Crippen molar-refractivity contribution in [3.05, 3.63) is 0 Å². The molecule has 2 saturated heterocycles. The second-order valence-corrected chi connectivity index (χ2v) is 8.31. The number of nitrogens with zero attached hydrogens (tertiary/aromatic N) is 2. The molecule has 1 saturated carbocycles. The zero-order valence-corrected chi connectivity index (χ0v) is 15.6. The van der Waals surface area contributed by atoms with Gasteiger partial charge in [0, 0.05) is 44.1 Å². The maximum Gasteiger partial charge on any atom is 0.193 e. The van der Waals surface area contributed by atoms with Crippen LogP contribution in [0.4, 0.5) is 0 Å². The van der Waals surface area contributed by atoms with Crippen molar-refractivity contribution in [2.75, 3.05) is 26.7 Å². The van der Waals surface area contributed by atoms with Gasteiger partial charge in [-0.3, -0.25) is 4.99 Å². The molecule has 3 rings (SSSR count). The van der Waals surface area contributed by atoms with Crippen LogP contribution >= 0.6 is 0 Å². The number of nitrogens with one attached hydrogen (secondary N) is 1. The van der Waals surface area contributed by atoms with Crippen LogP contribution in [0.5, 0.6) is 0 Å². The summed E-state index contributed by atoms with van der Waals surface area (Å²) in [6.45, 7) is 12.6. The van der Waals surface area contributed by atoms with Crippen LogP contribution in [0.15, 0.2) is 4.99 Å². The third-order valence-electron chi connectivity index (χ3n) is 6.84. The third-order valence-corrected chi connectivity index (χ3v) is 6.84. The highest BCUT2D eigenvalue weighted by molar-refractivity contribution is 5.80. The minimum absolute atomic E-state index is 0.214. The van der Waals surface area contributed by atoms with E-state index < -0.39 is 0 Å². The lowest BCUT2D eigenvalue weighted by molar-refractivity contribution is -0.107. The Morgan fingerprint density at radius 2 is 2.04 bits per heavy atom. The highest BCUT2D eigenvalue weighted by atomic mass is 16.5. The van der Waals surface area contributed by atoms with E-state index in [1.54, 1.807) is 0 Å². The molecule has 2 aliphatic heterocycles. The number of likely N-dealkylation sites (tertiary alicyclic amines) is 1. The number of aliphatic imine (C=N–C) groups is 1. The van der Waals surface area contributed by atoms with E-state index in [2.05, 4.69) is 42.9 Å². The Labute approximate surface area is 142 Å². The summed E-state index contributed by atoms with van der Waals surface area (Å²) in [4.78, 5) is 7.10. The summed E-state index contributed by atoms with van der Waals surface area (Å²) >= 11 is 0. The predicted molar refractivity (Wildman–Crippen MR) is 95.7 cm³/mol. The molecule has 0 aromatic carbocycles. The van der Waals surface area contributed by atoms with Gasteiger partial charge in [-0.1, -0.05) is 40.5 Å². The van der Waals surface area contributed by atoms with Crippen LogP contribution < -0.4 is 5.32 Å². The van der Waals surface area contributed by atoms with Gasteiger partial charge in [0.1, 0.15) is 0 Å². The molecule has 1 aliphatic carbocycles.